The van der Waals surface area contributed by atoms with Crippen LogP contribution in [-0.4, -0.2) is 29.5 Å². The number of halogens is 3. The van der Waals surface area contributed by atoms with E-state index in [1.807, 2.05) is 12.1 Å². The van der Waals surface area contributed by atoms with Gasteiger partial charge in [0.05, 0.1) is 16.2 Å². The Labute approximate surface area is 149 Å². The maximum absolute atomic E-state index is 6.51. The lowest BCUT2D eigenvalue weighted by Gasteiger charge is -2.17. The molecule has 1 aromatic carbocycles. The zero-order valence-electron chi connectivity index (χ0n) is 12.6. The standard InChI is InChI=1S/C16H20ClN3.2ClH/c1-11-13-4-2-3-5-14(13)19-15(16(11)17)10-20-7-6-12(8-18)9-20;;/h2-5,12H,6-10,18H2,1H3;2*1H. The van der Waals surface area contributed by atoms with E-state index in [4.69, 9.17) is 22.3 Å². The van der Waals surface area contributed by atoms with E-state index in [0.717, 1.165) is 53.4 Å². The molecule has 0 bridgehead atoms. The van der Waals surface area contributed by atoms with Crippen LogP contribution in [0.15, 0.2) is 24.3 Å². The molecule has 2 aromatic rings. The number of nitrogens with two attached hydrogens (primary N) is 1. The van der Waals surface area contributed by atoms with Crippen molar-refractivity contribution in [2.75, 3.05) is 19.6 Å². The van der Waals surface area contributed by atoms with Gasteiger partial charge >= 0.3 is 0 Å². The van der Waals surface area contributed by atoms with Gasteiger partial charge in [0.15, 0.2) is 0 Å². The van der Waals surface area contributed by atoms with E-state index < -0.39 is 0 Å². The molecule has 1 aliphatic rings. The third-order valence-corrected chi connectivity index (χ3v) is 4.72. The lowest BCUT2D eigenvalue weighted by Crippen LogP contribution is -2.23. The molecule has 1 atom stereocenters. The minimum absolute atomic E-state index is 0. The molecule has 1 aliphatic heterocycles. The number of likely N-dealkylation sites (tertiary alicyclic amines) is 1. The van der Waals surface area contributed by atoms with Gasteiger partial charge in [-0.05, 0) is 44.0 Å². The summed E-state index contributed by atoms with van der Waals surface area (Å²) >= 11 is 6.51. The molecule has 1 fully saturated rings. The monoisotopic (exact) mass is 361 g/mol. The summed E-state index contributed by atoms with van der Waals surface area (Å²) in [5.41, 5.74) is 8.89. The number of fused-ring (bicyclic) bond motifs is 1. The van der Waals surface area contributed by atoms with Crippen molar-refractivity contribution < 1.29 is 0 Å². The summed E-state index contributed by atoms with van der Waals surface area (Å²) in [5.74, 6) is 0.621. The number of rotatable bonds is 3. The molecule has 2 N–H and O–H groups in total. The molecular weight excluding hydrogens is 341 g/mol. The Morgan fingerprint density at radius 1 is 1.32 bits per heavy atom. The second kappa shape index (κ2) is 8.32. The van der Waals surface area contributed by atoms with E-state index in [-0.39, 0.29) is 24.8 Å². The molecule has 22 heavy (non-hydrogen) atoms. The topological polar surface area (TPSA) is 42.1 Å². The van der Waals surface area contributed by atoms with Gasteiger partial charge in [0.2, 0.25) is 0 Å². The molecule has 122 valence electrons. The highest BCUT2D eigenvalue weighted by Gasteiger charge is 2.22. The van der Waals surface area contributed by atoms with E-state index in [1.54, 1.807) is 0 Å². The lowest BCUT2D eigenvalue weighted by molar-refractivity contribution is 0.314. The molecule has 0 saturated carbocycles. The van der Waals surface area contributed by atoms with Gasteiger partial charge in [-0.3, -0.25) is 4.90 Å². The van der Waals surface area contributed by atoms with Crippen molar-refractivity contribution in [3.63, 3.8) is 0 Å². The van der Waals surface area contributed by atoms with E-state index >= 15 is 0 Å². The first-order chi connectivity index (χ1) is 9.69. The fraction of sp³-hybridized carbons (Fsp3) is 0.438. The summed E-state index contributed by atoms with van der Waals surface area (Å²) in [5, 5.41) is 1.95. The minimum Gasteiger partial charge on any atom is -0.330 e. The number of benzene rings is 1. The van der Waals surface area contributed by atoms with Crippen LogP contribution in [0.5, 0.6) is 0 Å². The summed E-state index contributed by atoms with van der Waals surface area (Å²) in [6, 6.07) is 8.18. The number of hydrogen-bond acceptors (Lipinski definition) is 3. The van der Waals surface area contributed by atoms with Crippen molar-refractivity contribution in [2.45, 2.75) is 19.9 Å². The Balaban J connectivity index is 0.00000121. The number of aryl methyl sites for hydroxylation is 1. The van der Waals surface area contributed by atoms with Gasteiger partial charge in [0.25, 0.3) is 0 Å². The largest absolute Gasteiger partial charge is 0.330 e. The van der Waals surface area contributed by atoms with Crippen LogP contribution >= 0.6 is 36.4 Å². The Morgan fingerprint density at radius 2 is 2.05 bits per heavy atom. The second-order valence-electron chi connectivity index (χ2n) is 5.64. The third kappa shape index (κ3) is 3.84. The maximum atomic E-state index is 6.51. The third-order valence-electron chi connectivity index (χ3n) is 4.22. The second-order valence-corrected chi connectivity index (χ2v) is 6.02. The predicted octanol–water partition coefficient (Wildman–Crippen LogP) is 3.82. The Bertz CT molecular complexity index is 633. The number of pyridine rings is 1. The Hall–Kier alpha value is -0.580. The van der Waals surface area contributed by atoms with Crippen molar-refractivity contribution in [3.05, 3.63) is 40.5 Å². The van der Waals surface area contributed by atoms with E-state index in [0.29, 0.717) is 5.92 Å². The fourth-order valence-corrected chi connectivity index (χ4v) is 3.19. The summed E-state index contributed by atoms with van der Waals surface area (Å²) in [4.78, 5) is 7.15. The van der Waals surface area contributed by atoms with Crippen molar-refractivity contribution >= 4 is 47.3 Å². The van der Waals surface area contributed by atoms with E-state index in [9.17, 15) is 0 Å². The van der Waals surface area contributed by atoms with Crippen LogP contribution in [0.3, 0.4) is 0 Å². The molecule has 3 nitrogen and oxygen atoms in total. The van der Waals surface area contributed by atoms with Crippen LogP contribution in [-0.2, 0) is 6.54 Å². The predicted molar refractivity (Wildman–Crippen MR) is 98.4 cm³/mol. The number of aromatic nitrogens is 1. The highest BCUT2D eigenvalue weighted by Crippen LogP contribution is 2.28. The molecule has 2 heterocycles. The van der Waals surface area contributed by atoms with Gasteiger partial charge in [-0.15, -0.1) is 24.8 Å². The molecule has 0 spiro atoms. The van der Waals surface area contributed by atoms with Crippen molar-refractivity contribution in [1.29, 1.82) is 0 Å². The lowest BCUT2D eigenvalue weighted by atomic mass is 10.1. The van der Waals surface area contributed by atoms with Crippen molar-refractivity contribution in [2.24, 2.45) is 11.7 Å². The smallest absolute Gasteiger partial charge is 0.0740 e. The first-order valence-electron chi connectivity index (χ1n) is 7.15. The average molecular weight is 363 g/mol. The molecule has 1 aromatic heterocycles. The molecule has 3 rings (SSSR count). The normalized spacial score (nSPS) is 18.0. The van der Waals surface area contributed by atoms with Crippen LogP contribution in [0, 0.1) is 12.8 Å². The average Bonchev–Trinajstić information content (AvgIpc) is 2.92. The molecular formula is C16H22Cl3N3. The summed E-state index contributed by atoms with van der Waals surface area (Å²) in [6.07, 6.45) is 1.18. The van der Waals surface area contributed by atoms with E-state index in [1.165, 1.54) is 6.42 Å². The number of hydrogen-bond donors (Lipinski definition) is 1. The molecule has 0 radical (unpaired) electrons. The first-order valence-corrected chi connectivity index (χ1v) is 7.53. The van der Waals surface area contributed by atoms with Gasteiger partial charge in [0.1, 0.15) is 0 Å². The van der Waals surface area contributed by atoms with Gasteiger partial charge in [-0.25, -0.2) is 4.98 Å². The molecule has 0 aliphatic carbocycles. The summed E-state index contributed by atoms with van der Waals surface area (Å²) in [6.45, 7) is 5.81. The fourth-order valence-electron chi connectivity index (χ4n) is 2.98. The van der Waals surface area contributed by atoms with E-state index in [2.05, 4.69) is 24.0 Å². The zero-order valence-corrected chi connectivity index (χ0v) is 15.0. The van der Waals surface area contributed by atoms with Crippen LogP contribution in [0.2, 0.25) is 5.02 Å². The van der Waals surface area contributed by atoms with Gasteiger partial charge in [-0.1, -0.05) is 29.8 Å². The number of para-hydroxylation sites is 1. The van der Waals surface area contributed by atoms with Gasteiger partial charge in [0, 0.05) is 18.5 Å². The highest BCUT2D eigenvalue weighted by molar-refractivity contribution is 6.32. The SMILES string of the molecule is Cc1c(Cl)c(CN2CCC(CN)C2)nc2ccccc12.Cl.Cl. The maximum Gasteiger partial charge on any atom is 0.0740 e. The van der Waals surface area contributed by atoms with Crippen LogP contribution < -0.4 is 5.73 Å². The van der Waals surface area contributed by atoms with Crippen molar-refractivity contribution in [1.82, 2.24) is 9.88 Å². The van der Waals surface area contributed by atoms with Gasteiger partial charge in [-0.2, -0.15) is 0 Å². The Morgan fingerprint density at radius 3 is 2.73 bits per heavy atom. The van der Waals surface area contributed by atoms with Crippen LogP contribution in [0.1, 0.15) is 17.7 Å². The van der Waals surface area contributed by atoms with Gasteiger partial charge < -0.3 is 5.73 Å². The summed E-state index contributed by atoms with van der Waals surface area (Å²) < 4.78 is 0. The number of nitrogens with zero attached hydrogens (tertiary/aromatic N) is 2. The minimum atomic E-state index is 0. The molecule has 1 unspecified atom stereocenters. The molecule has 6 heteroatoms. The highest BCUT2D eigenvalue weighted by atomic mass is 35.5. The Kier molecular flexibility index (Phi) is 7.36. The first kappa shape index (κ1) is 19.5. The van der Waals surface area contributed by atoms with Crippen molar-refractivity contribution in [3.8, 4) is 0 Å². The quantitative estimate of drug-likeness (QED) is 0.902. The molecule has 1 saturated heterocycles. The zero-order chi connectivity index (χ0) is 14.1. The summed E-state index contributed by atoms with van der Waals surface area (Å²) in [7, 11) is 0. The van der Waals surface area contributed by atoms with Crippen LogP contribution in [0.25, 0.3) is 10.9 Å². The van der Waals surface area contributed by atoms with Crippen LogP contribution in [0.4, 0.5) is 0 Å². The molecule has 0 amide bonds.